The molecule has 5 nitrogen and oxygen atoms in total. The van der Waals surface area contributed by atoms with Crippen LogP contribution in [0.3, 0.4) is 0 Å². The SMILES string of the molecule is Cc1cccc(S(=O)(=O)N(C)Cc2c(C)noc2C)c1. The van der Waals surface area contributed by atoms with Gasteiger partial charge in [-0.15, -0.1) is 0 Å². The molecule has 0 N–H and O–H groups in total. The number of aryl methyl sites for hydroxylation is 3. The quantitative estimate of drug-likeness (QED) is 0.868. The van der Waals surface area contributed by atoms with Gasteiger partial charge in [0.25, 0.3) is 0 Å². The van der Waals surface area contributed by atoms with Crippen LogP contribution >= 0.6 is 0 Å². The molecule has 2 aromatic rings. The van der Waals surface area contributed by atoms with Crippen molar-refractivity contribution in [3.63, 3.8) is 0 Å². The van der Waals surface area contributed by atoms with Gasteiger partial charge in [-0.1, -0.05) is 17.3 Å². The first-order valence-corrected chi connectivity index (χ1v) is 7.71. The summed E-state index contributed by atoms with van der Waals surface area (Å²) in [6.07, 6.45) is 0. The Morgan fingerprint density at radius 1 is 1.25 bits per heavy atom. The van der Waals surface area contributed by atoms with Gasteiger partial charge in [0.1, 0.15) is 5.76 Å². The van der Waals surface area contributed by atoms with Crippen LogP contribution in [-0.2, 0) is 16.6 Å². The normalized spacial score (nSPS) is 12.1. The van der Waals surface area contributed by atoms with Gasteiger partial charge in [0.05, 0.1) is 10.6 Å². The molecule has 0 spiro atoms. The molecule has 1 aromatic heterocycles. The Labute approximate surface area is 119 Å². The van der Waals surface area contributed by atoms with E-state index in [1.807, 2.05) is 13.0 Å². The van der Waals surface area contributed by atoms with Gasteiger partial charge in [-0.05, 0) is 38.5 Å². The monoisotopic (exact) mass is 294 g/mol. The fourth-order valence-corrected chi connectivity index (χ4v) is 3.24. The minimum absolute atomic E-state index is 0.247. The molecule has 6 heteroatoms. The molecule has 0 aliphatic carbocycles. The van der Waals surface area contributed by atoms with E-state index in [0.717, 1.165) is 11.1 Å². The predicted octanol–water partition coefficient (Wildman–Crippen LogP) is 2.42. The second-order valence-electron chi connectivity index (χ2n) is 4.88. The molecule has 0 fully saturated rings. The molecule has 0 saturated heterocycles. The van der Waals surface area contributed by atoms with Crippen LogP contribution < -0.4 is 0 Å². The number of benzene rings is 1. The highest BCUT2D eigenvalue weighted by Crippen LogP contribution is 2.20. The van der Waals surface area contributed by atoms with E-state index in [4.69, 9.17) is 4.52 Å². The third kappa shape index (κ3) is 2.76. The Morgan fingerprint density at radius 2 is 1.95 bits per heavy atom. The maximum atomic E-state index is 12.5. The smallest absolute Gasteiger partial charge is 0.243 e. The molecule has 0 unspecified atom stereocenters. The van der Waals surface area contributed by atoms with Gasteiger partial charge in [-0.2, -0.15) is 4.31 Å². The van der Waals surface area contributed by atoms with Crippen molar-refractivity contribution in [1.82, 2.24) is 9.46 Å². The number of rotatable bonds is 4. The van der Waals surface area contributed by atoms with E-state index in [9.17, 15) is 8.42 Å². The number of hydrogen-bond donors (Lipinski definition) is 0. The summed E-state index contributed by atoms with van der Waals surface area (Å²) in [5.41, 5.74) is 2.44. The van der Waals surface area contributed by atoms with Crippen LogP contribution in [0.4, 0.5) is 0 Å². The Bertz CT molecular complexity index is 700. The van der Waals surface area contributed by atoms with Crippen molar-refractivity contribution < 1.29 is 12.9 Å². The summed E-state index contributed by atoms with van der Waals surface area (Å²) in [6.45, 7) is 5.70. The third-order valence-electron chi connectivity index (χ3n) is 3.26. The van der Waals surface area contributed by atoms with E-state index in [0.29, 0.717) is 16.3 Å². The zero-order valence-electron chi connectivity index (χ0n) is 12.0. The van der Waals surface area contributed by atoms with Gasteiger partial charge < -0.3 is 4.52 Å². The Kier molecular flexibility index (Phi) is 3.96. The van der Waals surface area contributed by atoms with Crippen LogP contribution in [-0.4, -0.2) is 24.9 Å². The number of aromatic nitrogens is 1. The number of hydrogen-bond acceptors (Lipinski definition) is 4. The van der Waals surface area contributed by atoms with Crippen molar-refractivity contribution in [1.29, 1.82) is 0 Å². The molecule has 1 heterocycles. The lowest BCUT2D eigenvalue weighted by Gasteiger charge is -2.17. The Hall–Kier alpha value is -1.66. The second-order valence-corrected chi connectivity index (χ2v) is 6.93. The molecule has 0 amide bonds. The molecule has 0 bridgehead atoms. The van der Waals surface area contributed by atoms with Gasteiger partial charge in [0, 0.05) is 19.2 Å². The first-order chi connectivity index (χ1) is 9.32. The van der Waals surface area contributed by atoms with Gasteiger partial charge in [-0.25, -0.2) is 8.42 Å². The van der Waals surface area contributed by atoms with Crippen LogP contribution in [0.25, 0.3) is 0 Å². The van der Waals surface area contributed by atoms with E-state index < -0.39 is 10.0 Å². The summed E-state index contributed by atoms with van der Waals surface area (Å²) < 4.78 is 31.4. The van der Waals surface area contributed by atoms with E-state index in [-0.39, 0.29) is 6.54 Å². The van der Waals surface area contributed by atoms with E-state index in [1.54, 1.807) is 39.1 Å². The van der Waals surface area contributed by atoms with E-state index >= 15 is 0 Å². The van der Waals surface area contributed by atoms with Crippen LogP contribution in [0.2, 0.25) is 0 Å². The van der Waals surface area contributed by atoms with Crippen molar-refractivity contribution in [2.24, 2.45) is 0 Å². The fourth-order valence-electron chi connectivity index (χ4n) is 1.99. The topological polar surface area (TPSA) is 63.4 Å². The van der Waals surface area contributed by atoms with Crippen molar-refractivity contribution >= 4 is 10.0 Å². The van der Waals surface area contributed by atoms with Crippen molar-refractivity contribution in [2.75, 3.05) is 7.05 Å². The molecule has 108 valence electrons. The third-order valence-corrected chi connectivity index (χ3v) is 5.06. The van der Waals surface area contributed by atoms with Gasteiger partial charge in [0.15, 0.2) is 0 Å². The average molecular weight is 294 g/mol. The zero-order chi connectivity index (χ0) is 14.9. The zero-order valence-corrected chi connectivity index (χ0v) is 12.9. The molecule has 0 saturated carbocycles. The highest BCUT2D eigenvalue weighted by Gasteiger charge is 2.23. The lowest BCUT2D eigenvalue weighted by atomic mass is 10.2. The first kappa shape index (κ1) is 14.7. The molecule has 0 aliphatic rings. The Morgan fingerprint density at radius 3 is 2.50 bits per heavy atom. The lowest BCUT2D eigenvalue weighted by Crippen LogP contribution is -2.27. The number of sulfonamides is 1. The summed E-state index contributed by atoms with van der Waals surface area (Å²) in [6, 6.07) is 6.88. The summed E-state index contributed by atoms with van der Waals surface area (Å²) in [5, 5.41) is 3.84. The van der Waals surface area contributed by atoms with Crippen LogP contribution in [0.5, 0.6) is 0 Å². The molecular weight excluding hydrogens is 276 g/mol. The van der Waals surface area contributed by atoms with Gasteiger partial charge in [0.2, 0.25) is 10.0 Å². The summed E-state index contributed by atoms with van der Waals surface area (Å²) in [4.78, 5) is 0.298. The van der Waals surface area contributed by atoms with Crippen molar-refractivity contribution in [2.45, 2.75) is 32.2 Å². The fraction of sp³-hybridized carbons (Fsp3) is 0.357. The molecule has 0 radical (unpaired) electrons. The predicted molar refractivity (Wildman–Crippen MR) is 75.8 cm³/mol. The largest absolute Gasteiger partial charge is 0.361 e. The highest BCUT2D eigenvalue weighted by molar-refractivity contribution is 7.89. The van der Waals surface area contributed by atoms with Crippen LogP contribution in [0.1, 0.15) is 22.6 Å². The summed E-state index contributed by atoms with van der Waals surface area (Å²) in [7, 11) is -1.95. The molecule has 0 atom stereocenters. The van der Waals surface area contributed by atoms with Crippen LogP contribution in [0, 0.1) is 20.8 Å². The van der Waals surface area contributed by atoms with Gasteiger partial charge >= 0.3 is 0 Å². The van der Waals surface area contributed by atoms with Crippen molar-refractivity contribution in [3.8, 4) is 0 Å². The van der Waals surface area contributed by atoms with Crippen LogP contribution in [0.15, 0.2) is 33.7 Å². The lowest BCUT2D eigenvalue weighted by molar-refractivity contribution is 0.390. The molecule has 0 aliphatic heterocycles. The maximum Gasteiger partial charge on any atom is 0.243 e. The maximum absolute atomic E-state index is 12.5. The molecule has 2 rings (SSSR count). The minimum Gasteiger partial charge on any atom is -0.361 e. The van der Waals surface area contributed by atoms with E-state index in [2.05, 4.69) is 5.16 Å². The standard InChI is InChI=1S/C14H18N2O3S/c1-10-6-5-7-13(8-10)20(17,18)16(4)9-14-11(2)15-19-12(14)3/h5-8H,9H2,1-4H3. The molecular formula is C14H18N2O3S. The summed E-state index contributed by atoms with van der Waals surface area (Å²) >= 11 is 0. The van der Waals surface area contributed by atoms with Crippen molar-refractivity contribution in [3.05, 3.63) is 46.8 Å². The highest BCUT2D eigenvalue weighted by atomic mass is 32.2. The minimum atomic E-state index is -3.51. The first-order valence-electron chi connectivity index (χ1n) is 6.27. The van der Waals surface area contributed by atoms with E-state index in [1.165, 1.54) is 4.31 Å². The second kappa shape index (κ2) is 5.38. The average Bonchev–Trinajstić information content (AvgIpc) is 2.70. The van der Waals surface area contributed by atoms with Gasteiger partial charge in [-0.3, -0.25) is 0 Å². The Balaban J connectivity index is 2.31. The molecule has 1 aromatic carbocycles. The number of nitrogens with zero attached hydrogens (tertiary/aromatic N) is 2. The summed E-state index contributed by atoms with van der Waals surface area (Å²) in [5.74, 6) is 0.647. The molecule has 20 heavy (non-hydrogen) atoms.